The maximum absolute atomic E-state index is 12.0. The van der Waals surface area contributed by atoms with Gasteiger partial charge in [-0.2, -0.15) is 13.2 Å². The number of nitrogens with one attached hydrogen (secondary N) is 1. The first-order valence-corrected chi connectivity index (χ1v) is 6.23. The molecule has 3 unspecified atom stereocenters. The maximum atomic E-state index is 12.0. The largest absolute Gasteiger partial charge is 0.389 e. The molecule has 0 bridgehead atoms. The van der Waals surface area contributed by atoms with Gasteiger partial charge in [-0.05, 0) is 56.9 Å². The summed E-state index contributed by atoms with van der Waals surface area (Å²) in [6, 6.07) is 0.301. The number of hydrogen-bond acceptors (Lipinski definition) is 1. The highest BCUT2D eigenvalue weighted by atomic mass is 19.4. The highest BCUT2D eigenvalue weighted by Crippen LogP contribution is 2.55. The molecule has 3 atom stereocenters. The molecule has 2 fully saturated rings. The Morgan fingerprint density at radius 3 is 2.31 bits per heavy atom. The Balaban J connectivity index is 1.69. The quantitative estimate of drug-likeness (QED) is 0.770. The lowest BCUT2D eigenvalue weighted by Gasteiger charge is -2.24. The second-order valence-corrected chi connectivity index (χ2v) is 5.39. The van der Waals surface area contributed by atoms with E-state index in [2.05, 4.69) is 5.32 Å². The van der Waals surface area contributed by atoms with Gasteiger partial charge in [0.25, 0.3) is 0 Å². The molecule has 1 N–H and O–H groups in total. The summed E-state index contributed by atoms with van der Waals surface area (Å²) in [5.41, 5.74) is 0. The number of halogens is 3. The van der Waals surface area contributed by atoms with Gasteiger partial charge in [-0.25, -0.2) is 0 Å². The van der Waals surface area contributed by atoms with Gasteiger partial charge in [0.2, 0.25) is 0 Å². The van der Waals surface area contributed by atoms with Gasteiger partial charge < -0.3 is 5.32 Å². The van der Waals surface area contributed by atoms with Crippen LogP contribution >= 0.6 is 0 Å². The number of fused-ring (bicyclic) bond motifs is 1. The van der Waals surface area contributed by atoms with Crippen LogP contribution in [0.1, 0.15) is 38.5 Å². The van der Waals surface area contributed by atoms with Crippen LogP contribution in [0, 0.1) is 17.8 Å². The molecule has 0 saturated heterocycles. The first-order valence-electron chi connectivity index (χ1n) is 6.23. The summed E-state index contributed by atoms with van der Waals surface area (Å²) in [7, 11) is 1.88. The van der Waals surface area contributed by atoms with E-state index < -0.39 is 12.6 Å². The second kappa shape index (κ2) is 4.55. The lowest BCUT2D eigenvalue weighted by molar-refractivity contribution is -0.136. The van der Waals surface area contributed by atoms with E-state index in [1.165, 1.54) is 19.3 Å². The second-order valence-electron chi connectivity index (χ2n) is 5.39. The van der Waals surface area contributed by atoms with Crippen molar-refractivity contribution in [1.29, 1.82) is 0 Å². The van der Waals surface area contributed by atoms with Crippen molar-refractivity contribution in [1.82, 2.24) is 5.32 Å². The highest BCUT2D eigenvalue weighted by Gasteiger charge is 2.47. The zero-order valence-electron chi connectivity index (χ0n) is 9.69. The molecule has 1 nitrogen and oxygen atoms in total. The van der Waals surface area contributed by atoms with Crippen molar-refractivity contribution in [2.45, 2.75) is 50.7 Å². The normalized spacial score (nSPS) is 34.9. The Bertz CT molecular complexity index is 229. The van der Waals surface area contributed by atoms with Crippen LogP contribution in [0.4, 0.5) is 13.2 Å². The zero-order chi connectivity index (χ0) is 11.8. The van der Waals surface area contributed by atoms with Gasteiger partial charge in [0.05, 0.1) is 0 Å². The van der Waals surface area contributed by atoms with E-state index in [-0.39, 0.29) is 6.42 Å². The van der Waals surface area contributed by atoms with Gasteiger partial charge in [0.1, 0.15) is 0 Å². The average Bonchev–Trinajstić information content (AvgIpc) is 2.79. The monoisotopic (exact) mass is 235 g/mol. The SMILES string of the molecule is CNC(CCCC(F)(F)F)C1CC2CC2C1. The van der Waals surface area contributed by atoms with Crippen molar-refractivity contribution >= 4 is 0 Å². The fourth-order valence-corrected chi connectivity index (χ4v) is 3.23. The molecule has 2 rings (SSSR count). The van der Waals surface area contributed by atoms with Crippen LogP contribution in [-0.4, -0.2) is 19.3 Å². The predicted octanol–water partition coefficient (Wildman–Crippen LogP) is 3.35. The fourth-order valence-electron chi connectivity index (χ4n) is 3.23. The van der Waals surface area contributed by atoms with Crippen molar-refractivity contribution in [3.05, 3.63) is 0 Å². The van der Waals surface area contributed by atoms with E-state index in [1.807, 2.05) is 7.05 Å². The van der Waals surface area contributed by atoms with Crippen LogP contribution in [0.25, 0.3) is 0 Å². The summed E-state index contributed by atoms with van der Waals surface area (Å²) in [4.78, 5) is 0. The predicted molar refractivity (Wildman–Crippen MR) is 57.1 cm³/mol. The van der Waals surface area contributed by atoms with Crippen molar-refractivity contribution in [3.63, 3.8) is 0 Å². The summed E-state index contributed by atoms with van der Waals surface area (Å²) in [6.07, 6.45) is 0.154. The molecule has 0 heterocycles. The molecule has 0 spiro atoms. The third kappa shape index (κ3) is 3.12. The minimum atomic E-state index is -3.99. The van der Waals surface area contributed by atoms with E-state index in [0.717, 1.165) is 11.8 Å². The topological polar surface area (TPSA) is 12.0 Å². The molecule has 94 valence electrons. The average molecular weight is 235 g/mol. The Morgan fingerprint density at radius 1 is 1.19 bits per heavy atom. The van der Waals surface area contributed by atoms with E-state index >= 15 is 0 Å². The smallest absolute Gasteiger partial charge is 0.317 e. The van der Waals surface area contributed by atoms with Crippen molar-refractivity contribution < 1.29 is 13.2 Å². The van der Waals surface area contributed by atoms with Crippen LogP contribution in [0.5, 0.6) is 0 Å². The lowest BCUT2D eigenvalue weighted by atomic mass is 9.91. The van der Waals surface area contributed by atoms with E-state index in [1.54, 1.807) is 0 Å². The zero-order valence-corrected chi connectivity index (χ0v) is 9.69. The summed E-state index contributed by atoms with van der Waals surface area (Å²) in [6.45, 7) is 0. The van der Waals surface area contributed by atoms with Crippen molar-refractivity contribution in [3.8, 4) is 0 Å². The molecule has 0 amide bonds. The Kier molecular flexibility index (Phi) is 3.48. The number of hydrogen-bond donors (Lipinski definition) is 1. The summed E-state index contributed by atoms with van der Waals surface area (Å²) in [5, 5.41) is 3.20. The van der Waals surface area contributed by atoms with Crippen LogP contribution in [0.15, 0.2) is 0 Å². The Labute approximate surface area is 94.8 Å². The Hall–Kier alpha value is -0.250. The number of alkyl halides is 3. The van der Waals surface area contributed by atoms with E-state index in [9.17, 15) is 13.2 Å². The molecule has 2 aliphatic carbocycles. The molecular formula is C12H20F3N. The molecule has 0 aromatic carbocycles. The molecule has 2 aliphatic rings. The molecule has 2 saturated carbocycles. The minimum absolute atomic E-state index is 0.265. The molecular weight excluding hydrogens is 215 g/mol. The third-order valence-corrected chi connectivity index (χ3v) is 4.20. The molecule has 0 aromatic rings. The summed E-state index contributed by atoms with van der Waals surface area (Å²) >= 11 is 0. The summed E-state index contributed by atoms with van der Waals surface area (Å²) < 4.78 is 36.1. The molecule has 0 radical (unpaired) electrons. The van der Waals surface area contributed by atoms with E-state index in [4.69, 9.17) is 0 Å². The third-order valence-electron chi connectivity index (χ3n) is 4.20. The lowest BCUT2D eigenvalue weighted by Crippen LogP contribution is -2.33. The van der Waals surface area contributed by atoms with Gasteiger partial charge >= 0.3 is 6.18 Å². The van der Waals surface area contributed by atoms with Crippen LogP contribution in [0.2, 0.25) is 0 Å². The van der Waals surface area contributed by atoms with Crippen LogP contribution < -0.4 is 5.32 Å². The van der Waals surface area contributed by atoms with Gasteiger partial charge in [-0.1, -0.05) is 0 Å². The molecule has 16 heavy (non-hydrogen) atoms. The van der Waals surface area contributed by atoms with Gasteiger partial charge in [0, 0.05) is 12.5 Å². The first-order chi connectivity index (χ1) is 7.49. The number of rotatable bonds is 5. The van der Waals surface area contributed by atoms with Crippen molar-refractivity contribution in [2.24, 2.45) is 17.8 Å². The molecule has 0 aromatic heterocycles. The maximum Gasteiger partial charge on any atom is 0.389 e. The van der Waals surface area contributed by atoms with Gasteiger partial charge in [-0.3, -0.25) is 0 Å². The van der Waals surface area contributed by atoms with E-state index in [0.29, 0.717) is 18.4 Å². The standard InChI is InChI=1S/C12H20F3N/c1-16-11(3-2-4-12(13,14)15)10-6-8-5-9(8)7-10/h8-11,16H,2-7H2,1H3. The molecule has 0 aliphatic heterocycles. The highest BCUT2D eigenvalue weighted by molar-refractivity contribution is 4.98. The summed E-state index contributed by atoms with van der Waals surface area (Å²) in [5.74, 6) is 2.44. The van der Waals surface area contributed by atoms with Gasteiger partial charge in [0.15, 0.2) is 0 Å². The first kappa shape index (κ1) is 12.2. The molecule has 4 heteroatoms. The Morgan fingerprint density at radius 2 is 1.81 bits per heavy atom. The van der Waals surface area contributed by atoms with Crippen molar-refractivity contribution in [2.75, 3.05) is 7.05 Å². The van der Waals surface area contributed by atoms with Crippen LogP contribution in [0.3, 0.4) is 0 Å². The minimum Gasteiger partial charge on any atom is -0.317 e. The van der Waals surface area contributed by atoms with Crippen LogP contribution in [-0.2, 0) is 0 Å². The van der Waals surface area contributed by atoms with Gasteiger partial charge in [-0.15, -0.1) is 0 Å². The fraction of sp³-hybridized carbons (Fsp3) is 1.00.